The number of nitrogens with zero attached hydrogens (tertiary/aromatic N) is 3. The van der Waals surface area contributed by atoms with E-state index >= 15 is 0 Å². The van der Waals surface area contributed by atoms with Crippen molar-refractivity contribution < 1.29 is 0 Å². The Morgan fingerprint density at radius 1 is 1.28 bits per heavy atom. The number of hydrogen-bond acceptors (Lipinski definition) is 3. The molecule has 5 heteroatoms. The predicted octanol–water partition coefficient (Wildman–Crippen LogP) is 2.20. The lowest BCUT2D eigenvalue weighted by atomic mass is 10.2. The molecule has 0 bridgehead atoms. The van der Waals surface area contributed by atoms with E-state index < -0.39 is 0 Å². The number of nitrogens with one attached hydrogen (secondary N) is 1. The standard InChI is InChI=1S/C13H15N5/c1-3-10-11-12(14)15-16-13(11)18(17-10)9-6-4-8(2)5-7-9/h4-7H,3H2,1-2H3,(H3,14,15,16). The van der Waals surface area contributed by atoms with Gasteiger partial charge >= 0.3 is 0 Å². The zero-order valence-electron chi connectivity index (χ0n) is 10.4. The summed E-state index contributed by atoms with van der Waals surface area (Å²) in [5.41, 5.74) is 9.87. The normalized spacial score (nSPS) is 11.2. The van der Waals surface area contributed by atoms with E-state index in [-0.39, 0.29) is 0 Å². The van der Waals surface area contributed by atoms with Gasteiger partial charge in [-0.05, 0) is 25.5 Å². The van der Waals surface area contributed by atoms with Crippen LogP contribution in [0.1, 0.15) is 18.2 Å². The van der Waals surface area contributed by atoms with Crippen LogP contribution in [0.25, 0.3) is 16.7 Å². The first kappa shape index (κ1) is 10.8. The molecule has 3 N–H and O–H groups in total. The molecule has 0 saturated heterocycles. The summed E-state index contributed by atoms with van der Waals surface area (Å²) in [4.78, 5) is 0. The Balaban J connectivity index is 2.26. The quantitative estimate of drug-likeness (QED) is 0.722. The summed E-state index contributed by atoms with van der Waals surface area (Å²) < 4.78 is 1.83. The van der Waals surface area contributed by atoms with Gasteiger partial charge in [0.25, 0.3) is 0 Å². The molecule has 0 aliphatic carbocycles. The van der Waals surface area contributed by atoms with Crippen LogP contribution in [-0.4, -0.2) is 20.0 Å². The van der Waals surface area contributed by atoms with E-state index in [1.165, 1.54) is 5.56 Å². The van der Waals surface area contributed by atoms with E-state index in [0.717, 1.165) is 28.8 Å². The van der Waals surface area contributed by atoms with Crippen molar-refractivity contribution in [3.63, 3.8) is 0 Å². The maximum Gasteiger partial charge on any atom is 0.186 e. The maximum absolute atomic E-state index is 5.90. The number of benzene rings is 1. The third-order valence-corrected chi connectivity index (χ3v) is 3.10. The fourth-order valence-electron chi connectivity index (χ4n) is 2.11. The molecule has 3 rings (SSSR count). The lowest BCUT2D eigenvalue weighted by Gasteiger charge is -2.01. The molecule has 3 aromatic rings. The van der Waals surface area contributed by atoms with Gasteiger partial charge in [-0.2, -0.15) is 10.2 Å². The van der Waals surface area contributed by atoms with Crippen molar-refractivity contribution in [3.8, 4) is 5.69 Å². The summed E-state index contributed by atoms with van der Waals surface area (Å²) in [7, 11) is 0. The number of nitrogen functional groups attached to an aromatic ring is 1. The number of hydrogen-bond donors (Lipinski definition) is 2. The topological polar surface area (TPSA) is 72.5 Å². The van der Waals surface area contributed by atoms with Gasteiger partial charge < -0.3 is 5.73 Å². The summed E-state index contributed by atoms with van der Waals surface area (Å²) in [5, 5.41) is 12.6. The van der Waals surface area contributed by atoms with Gasteiger partial charge in [-0.15, -0.1) is 0 Å². The molecule has 1 aromatic carbocycles. The van der Waals surface area contributed by atoms with Crippen LogP contribution in [0.2, 0.25) is 0 Å². The molecular weight excluding hydrogens is 226 g/mol. The first-order valence-corrected chi connectivity index (χ1v) is 5.99. The molecule has 0 unspecified atom stereocenters. The number of rotatable bonds is 2. The Morgan fingerprint density at radius 3 is 2.67 bits per heavy atom. The Hall–Kier alpha value is -2.30. The second kappa shape index (κ2) is 3.87. The minimum absolute atomic E-state index is 0.584. The molecule has 0 aliphatic rings. The van der Waals surface area contributed by atoms with Gasteiger partial charge in [0.2, 0.25) is 0 Å². The van der Waals surface area contributed by atoms with Crippen LogP contribution >= 0.6 is 0 Å². The Kier molecular flexibility index (Phi) is 2.33. The molecule has 92 valence electrons. The van der Waals surface area contributed by atoms with Gasteiger partial charge in [-0.3, -0.25) is 5.10 Å². The van der Waals surface area contributed by atoms with Crippen LogP contribution in [0.5, 0.6) is 0 Å². The summed E-state index contributed by atoms with van der Waals surface area (Å²) in [6.07, 6.45) is 0.832. The van der Waals surface area contributed by atoms with Crippen molar-refractivity contribution in [2.45, 2.75) is 20.3 Å². The molecule has 0 spiro atoms. The van der Waals surface area contributed by atoms with Crippen molar-refractivity contribution in [1.82, 2.24) is 20.0 Å². The average molecular weight is 241 g/mol. The molecule has 0 saturated carbocycles. The van der Waals surface area contributed by atoms with E-state index in [0.29, 0.717) is 5.82 Å². The lowest BCUT2D eigenvalue weighted by Crippen LogP contribution is -1.98. The highest BCUT2D eigenvalue weighted by Gasteiger charge is 2.16. The molecule has 2 aromatic heterocycles. The summed E-state index contributed by atoms with van der Waals surface area (Å²) >= 11 is 0. The van der Waals surface area contributed by atoms with E-state index in [9.17, 15) is 0 Å². The fraction of sp³-hybridized carbons (Fsp3) is 0.231. The molecule has 0 radical (unpaired) electrons. The molecular formula is C13H15N5. The summed E-state index contributed by atoms with van der Waals surface area (Å²) in [6, 6.07) is 8.19. The maximum atomic E-state index is 5.90. The Morgan fingerprint density at radius 2 is 2.00 bits per heavy atom. The van der Waals surface area contributed by atoms with E-state index in [1.807, 2.05) is 16.8 Å². The third-order valence-electron chi connectivity index (χ3n) is 3.10. The fourth-order valence-corrected chi connectivity index (χ4v) is 2.11. The molecule has 0 amide bonds. The second-order valence-electron chi connectivity index (χ2n) is 4.38. The third kappa shape index (κ3) is 1.48. The number of aromatic amines is 1. The Bertz CT molecular complexity index is 690. The smallest absolute Gasteiger partial charge is 0.186 e. The molecule has 0 aliphatic heterocycles. The van der Waals surface area contributed by atoms with Crippen molar-refractivity contribution in [2.75, 3.05) is 5.73 Å². The van der Waals surface area contributed by atoms with Crippen LogP contribution in [0.3, 0.4) is 0 Å². The SMILES string of the molecule is CCc1nn(-c2ccc(C)cc2)c2n[nH]c(N)c12. The molecule has 0 atom stereocenters. The summed E-state index contributed by atoms with van der Waals surface area (Å²) in [5.74, 6) is 0.584. The van der Waals surface area contributed by atoms with E-state index in [4.69, 9.17) is 5.73 Å². The second-order valence-corrected chi connectivity index (χ2v) is 4.38. The first-order chi connectivity index (χ1) is 8.70. The van der Waals surface area contributed by atoms with Crippen LogP contribution in [0, 0.1) is 6.92 Å². The van der Waals surface area contributed by atoms with Crippen LogP contribution in [-0.2, 0) is 6.42 Å². The molecule has 5 nitrogen and oxygen atoms in total. The zero-order valence-corrected chi connectivity index (χ0v) is 10.4. The monoisotopic (exact) mass is 241 g/mol. The number of nitrogens with two attached hydrogens (primary N) is 1. The number of anilines is 1. The number of fused-ring (bicyclic) bond motifs is 1. The van der Waals surface area contributed by atoms with Gasteiger partial charge in [-0.1, -0.05) is 24.6 Å². The van der Waals surface area contributed by atoms with Crippen molar-refractivity contribution in [1.29, 1.82) is 0 Å². The highest BCUT2D eigenvalue weighted by Crippen LogP contribution is 2.25. The highest BCUT2D eigenvalue weighted by atomic mass is 15.3. The number of aromatic nitrogens is 4. The Labute approximate surface area is 105 Å². The highest BCUT2D eigenvalue weighted by molar-refractivity contribution is 5.89. The zero-order chi connectivity index (χ0) is 12.7. The van der Waals surface area contributed by atoms with Gasteiger partial charge in [0, 0.05) is 0 Å². The minimum Gasteiger partial charge on any atom is -0.383 e. The van der Waals surface area contributed by atoms with Crippen molar-refractivity contribution >= 4 is 16.9 Å². The van der Waals surface area contributed by atoms with E-state index in [1.54, 1.807) is 0 Å². The van der Waals surface area contributed by atoms with Crippen LogP contribution < -0.4 is 5.73 Å². The van der Waals surface area contributed by atoms with Gasteiger partial charge in [0.15, 0.2) is 5.65 Å². The van der Waals surface area contributed by atoms with Gasteiger partial charge in [-0.25, -0.2) is 4.68 Å². The molecule has 18 heavy (non-hydrogen) atoms. The van der Waals surface area contributed by atoms with Gasteiger partial charge in [0.1, 0.15) is 5.82 Å². The van der Waals surface area contributed by atoms with Crippen LogP contribution in [0.15, 0.2) is 24.3 Å². The van der Waals surface area contributed by atoms with Crippen LogP contribution in [0.4, 0.5) is 5.82 Å². The summed E-state index contributed by atoms with van der Waals surface area (Å²) in [6.45, 7) is 4.13. The minimum atomic E-state index is 0.584. The predicted molar refractivity (Wildman–Crippen MR) is 71.7 cm³/mol. The molecule has 0 fully saturated rings. The van der Waals surface area contributed by atoms with Crippen molar-refractivity contribution in [3.05, 3.63) is 35.5 Å². The van der Waals surface area contributed by atoms with E-state index in [2.05, 4.69) is 41.3 Å². The lowest BCUT2D eigenvalue weighted by molar-refractivity contribution is 0.844. The van der Waals surface area contributed by atoms with Crippen molar-refractivity contribution in [2.24, 2.45) is 0 Å². The number of H-pyrrole nitrogens is 1. The molecule has 2 heterocycles. The number of aryl methyl sites for hydroxylation is 2. The average Bonchev–Trinajstić information content (AvgIpc) is 2.92. The first-order valence-electron chi connectivity index (χ1n) is 5.99. The van der Waals surface area contributed by atoms with Gasteiger partial charge in [0.05, 0.1) is 16.8 Å². The largest absolute Gasteiger partial charge is 0.383 e.